The highest BCUT2D eigenvalue weighted by atomic mass is 32.2. The molecule has 0 aliphatic rings. The van der Waals surface area contributed by atoms with Gasteiger partial charge in [0.25, 0.3) is 0 Å². The van der Waals surface area contributed by atoms with E-state index < -0.39 is 144 Å². The maximum Gasteiger partial charge on any atom is 0.490 e. The SMILES string of the molecule is CSCC[C@H](N)C(=O)N[C@@H](C)C(=O)N[C@@H](CCC(N)=O)C(=O)N[C@@H](C)C(=O)N[C@@H](C)C(=O)N[C@@H](CCC(=O)O)C(=O)N[C@@H](Cc1ccc(O)cc1)C(=O)N[C@@H](Cc1ccc(O)cc1)C(=O)N[C@@H](CCCN=C(N)N)C(=O)O.O=C(O)C(F)(F)F. The lowest BCUT2D eigenvalue weighted by molar-refractivity contribution is -0.192. The standard InChI is InChI=1S/C48H71N13O15S.C2HF3O2/c1-24(56-43(71)32(15-17-37(50)64)57-41(69)26(3)55-42(70)31(49)19-21-77-4)39(67)54-25(2)40(68)58-33(16-18-38(65)66)44(72)60-36(23-28-9-13-30(63)14-10-28)46(74)61-35(22-27-7-11-29(62)12-8-27)45(73)59-34(47(75)76)6-5-20-53-48(51)52;3-2(4,5)1(6)7/h7-14,24-26,31-36,62-63H,5-6,15-23,49H2,1-4H3,(H2,50,64)(H,54,67)(H,55,70)(H,56,71)(H,57,69)(H,58,68)(H,59,73)(H,60,72)(H,61,74)(H,65,66)(H,75,76)(H4,51,52,53);(H,6,7)/t24-,25-,26-,31-,32-,33-,34-,35-,36-;/m0./s1. The summed E-state index contributed by atoms with van der Waals surface area (Å²) in [4.78, 5) is 156. The Morgan fingerprint density at radius 2 is 0.881 bits per heavy atom. The van der Waals surface area contributed by atoms with E-state index in [9.17, 15) is 86.3 Å². The highest BCUT2D eigenvalue weighted by Crippen LogP contribution is 2.16. The highest BCUT2D eigenvalue weighted by molar-refractivity contribution is 7.98. The van der Waals surface area contributed by atoms with Gasteiger partial charge in [-0.1, -0.05) is 24.3 Å². The number of alkyl halides is 3. The number of carbonyl (C=O) groups is 12. The number of amides is 9. The molecule has 0 spiro atoms. The Balaban J connectivity index is 0.00000471. The Bertz CT molecular complexity index is 2630. The van der Waals surface area contributed by atoms with E-state index >= 15 is 0 Å². The molecular weight excluding hydrogens is 1140 g/mol. The lowest BCUT2D eigenvalue weighted by Gasteiger charge is -2.27. The summed E-state index contributed by atoms with van der Waals surface area (Å²) in [6.07, 6.45) is -5.41. The first kappa shape index (κ1) is 73.1. The summed E-state index contributed by atoms with van der Waals surface area (Å²) in [6, 6.07) is -1.74. The first-order valence-electron chi connectivity index (χ1n) is 25.5. The minimum Gasteiger partial charge on any atom is -0.508 e. The fourth-order valence-electron chi connectivity index (χ4n) is 6.96. The summed E-state index contributed by atoms with van der Waals surface area (Å²) in [5, 5.41) is 65.8. The number of halogens is 3. The number of aliphatic imine (C=N–C) groups is 1. The van der Waals surface area contributed by atoms with Gasteiger partial charge in [-0.2, -0.15) is 24.9 Å². The Morgan fingerprint density at radius 3 is 1.26 bits per heavy atom. The van der Waals surface area contributed by atoms with Crippen molar-refractivity contribution in [2.75, 3.05) is 18.6 Å². The molecule has 9 atom stereocenters. The Hall–Kier alpha value is -8.95. The zero-order chi connectivity index (χ0) is 64.0. The molecule has 0 heterocycles. The number of rotatable bonds is 34. The molecule has 2 rings (SSSR count). The van der Waals surface area contributed by atoms with Gasteiger partial charge in [0.15, 0.2) is 5.96 Å². The number of aromatic hydroxyl groups is 2. The van der Waals surface area contributed by atoms with Crippen molar-refractivity contribution in [3.05, 3.63) is 59.7 Å². The molecule has 0 bridgehead atoms. The number of nitrogens with two attached hydrogens (primary N) is 4. The minimum absolute atomic E-state index is 0.0425. The van der Waals surface area contributed by atoms with Gasteiger partial charge in [-0.15, -0.1) is 0 Å². The fraction of sp³-hybridized carbons (Fsp3) is 0.500. The number of carboxylic acids is 3. The van der Waals surface area contributed by atoms with E-state index in [1.165, 1.54) is 81.1 Å². The van der Waals surface area contributed by atoms with Crippen molar-refractivity contribution in [2.45, 2.75) is 139 Å². The van der Waals surface area contributed by atoms with E-state index in [-0.39, 0.29) is 62.5 Å². The van der Waals surface area contributed by atoms with Crippen molar-refractivity contribution < 1.29 is 96.2 Å². The van der Waals surface area contributed by atoms with Gasteiger partial charge in [-0.25, -0.2) is 9.59 Å². The number of phenolic OH excluding ortho intramolecular Hbond substituents is 2. The number of carbonyl (C=O) groups excluding carboxylic acids is 9. The van der Waals surface area contributed by atoms with E-state index in [2.05, 4.69) is 47.5 Å². The molecule has 466 valence electrons. The third-order valence-corrected chi connectivity index (χ3v) is 12.3. The maximum atomic E-state index is 14.3. The van der Waals surface area contributed by atoms with Gasteiger partial charge in [-0.3, -0.25) is 52.9 Å². The van der Waals surface area contributed by atoms with E-state index in [1.54, 1.807) is 0 Å². The molecule has 0 radical (unpaired) electrons. The number of guanidine groups is 1. The number of nitrogens with one attached hydrogen (secondary N) is 8. The normalized spacial score (nSPS) is 14.1. The van der Waals surface area contributed by atoms with E-state index in [4.69, 9.17) is 32.8 Å². The Labute approximate surface area is 483 Å². The molecule has 84 heavy (non-hydrogen) atoms. The van der Waals surface area contributed by atoms with Gasteiger partial charge >= 0.3 is 24.1 Å². The highest BCUT2D eigenvalue weighted by Gasteiger charge is 2.38. The second-order valence-corrected chi connectivity index (χ2v) is 19.6. The number of thioether (sulfide) groups is 1. The molecule has 0 aliphatic heterocycles. The molecule has 0 fully saturated rings. The van der Waals surface area contributed by atoms with Gasteiger partial charge in [0.2, 0.25) is 53.2 Å². The molecule has 2 aromatic carbocycles. The summed E-state index contributed by atoms with van der Waals surface area (Å²) in [5.74, 6) is -13.7. The van der Waals surface area contributed by atoms with Crippen LogP contribution in [-0.2, 0) is 70.4 Å². The minimum atomic E-state index is -5.08. The molecule has 2 aromatic rings. The second kappa shape index (κ2) is 36.5. The molecule has 9 amide bonds. The zero-order valence-corrected chi connectivity index (χ0v) is 46.8. The summed E-state index contributed by atoms with van der Waals surface area (Å²) < 4.78 is 31.7. The average Bonchev–Trinajstić information content (AvgIpc) is 3.63. The van der Waals surface area contributed by atoms with Gasteiger partial charge in [0.05, 0.1) is 6.04 Å². The van der Waals surface area contributed by atoms with Crippen molar-refractivity contribution in [1.29, 1.82) is 0 Å². The maximum absolute atomic E-state index is 14.3. The summed E-state index contributed by atoms with van der Waals surface area (Å²) >= 11 is 1.47. The smallest absolute Gasteiger partial charge is 0.490 e. The van der Waals surface area contributed by atoms with Crippen LogP contribution in [0, 0.1) is 0 Å². The summed E-state index contributed by atoms with van der Waals surface area (Å²) in [5.41, 5.74) is 22.6. The fourth-order valence-corrected chi connectivity index (χ4v) is 7.45. The number of primary amides is 1. The first-order chi connectivity index (χ1) is 39.1. The molecule has 0 aromatic heterocycles. The van der Waals surface area contributed by atoms with Gasteiger partial charge in [-0.05, 0) is 100 Å². The number of hydrogen-bond acceptors (Lipinski definition) is 17. The van der Waals surface area contributed by atoms with Crippen molar-refractivity contribution in [2.24, 2.45) is 27.9 Å². The monoisotopic (exact) mass is 1220 g/mol. The quantitative estimate of drug-likeness (QED) is 0.0186. The lowest BCUT2D eigenvalue weighted by atomic mass is 10.0. The predicted octanol–water partition coefficient (Wildman–Crippen LogP) is -3.20. The van der Waals surface area contributed by atoms with Crippen LogP contribution in [0.1, 0.15) is 76.8 Å². The van der Waals surface area contributed by atoms with Crippen LogP contribution >= 0.6 is 11.8 Å². The molecule has 0 saturated carbocycles. The van der Waals surface area contributed by atoms with E-state index in [0.29, 0.717) is 23.3 Å². The molecule has 0 aliphatic carbocycles. The van der Waals surface area contributed by atoms with Crippen LogP contribution in [0.4, 0.5) is 13.2 Å². The molecule has 21 N–H and O–H groups in total. The van der Waals surface area contributed by atoms with Crippen molar-refractivity contribution in [3.8, 4) is 11.5 Å². The van der Waals surface area contributed by atoms with Crippen LogP contribution in [-0.4, -0.2) is 182 Å². The van der Waals surface area contributed by atoms with Crippen LogP contribution in [0.25, 0.3) is 0 Å². The van der Waals surface area contributed by atoms with Crippen molar-refractivity contribution >= 4 is 88.8 Å². The third kappa shape index (κ3) is 29.2. The van der Waals surface area contributed by atoms with Crippen molar-refractivity contribution in [3.63, 3.8) is 0 Å². The number of hydrogen-bond donors (Lipinski definition) is 17. The van der Waals surface area contributed by atoms with Crippen LogP contribution in [0.15, 0.2) is 53.5 Å². The summed E-state index contributed by atoms with van der Waals surface area (Å²) in [6.45, 7) is 3.81. The average molecular weight is 1220 g/mol. The van der Waals surface area contributed by atoms with Gasteiger partial charge in [0, 0.05) is 32.2 Å². The molecule has 30 nitrogen and oxygen atoms in total. The first-order valence-corrected chi connectivity index (χ1v) is 26.9. The van der Waals surface area contributed by atoms with Crippen LogP contribution in [0.5, 0.6) is 11.5 Å². The lowest BCUT2D eigenvalue weighted by Crippen LogP contribution is -2.60. The van der Waals surface area contributed by atoms with Gasteiger partial charge < -0.3 is 91.0 Å². The van der Waals surface area contributed by atoms with Crippen molar-refractivity contribution in [1.82, 2.24) is 42.5 Å². The Morgan fingerprint density at radius 1 is 0.524 bits per heavy atom. The molecule has 0 saturated heterocycles. The van der Waals surface area contributed by atoms with Gasteiger partial charge in [0.1, 0.15) is 59.8 Å². The number of nitrogens with zero attached hydrogens (tertiary/aromatic N) is 1. The zero-order valence-electron chi connectivity index (χ0n) is 46.0. The predicted molar refractivity (Wildman–Crippen MR) is 294 cm³/mol. The van der Waals surface area contributed by atoms with Crippen LogP contribution in [0.3, 0.4) is 0 Å². The third-order valence-electron chi connectivity index (χ3n) is 11.6. The van der Waals surface area contributed by atoms with E-state index in [1.807, 2.05) is 6.26 Å². The largest absolute Gasteiger partial charge is 0.508 e. The van der Waals surface area contributed by atoms with Crippen LogP contribution < -0.4 is 65.5 Å². The van der Waals surface area contributed by atoms with Crippen LogP contribution in [0.2, 0.25) is 0 Å². The number of carboxylic acid groups (broad SMARTS) is 3. The molecule has 0 unspecified atom stereocenters. The topological polar surface area (TPSA) is 519 Å². The number of benzene rings is 2. The molecule has 34 heteroatoms. The Kier molecular flexibility index (Phi) is 31.7. The number of phenols is 2. The second-order valence-electron chi connectivity index (χ2n) is 18.7. The molecular formula is C50H72F3N13O17S. The van der Waals surface area contributed by atoms with E-state index in [0.717, 1.165) is 0 Å². The summed E-state index contributed by atoms with van der Waals surface area (Å²) in [7, 11) is 0. The number of aliphatic carboxylic acids is 3.